The quantitative estimate of drug-likeness (QED) is 0.401. The lowest BCUT2D eigenvalue weighted by Crippen LogP contribution is -2.39. The lowest BCUT2D eigenvalue weighted by Gasteiger charge is -2.32. The zero-order valence-electron chi connectivity index (χ0n) is 20.3. The van der Waals surface area contributed by atoms with Gasteiger partial charge in [0.2, 0.25) is 11.8 Å². The van der Waals surface area contributed by atoms with Crippen LogP contribution in [0.3, 0.4) is 0 Å². The monoisotopic (exact) mass is 534 g/mol. The van der Waals surface area contributed by atoms with E-state index in [1.54, 1.807) is 36.2 Å². The molecule has 1 aliphatic rings. The van der Waals surface area contributed by atoms with Crippen LogP contribution in [0.1, 0.15) is 42.9 Å². The molecule has 1 heterocycles. The smallest absolute Gasteiger partial charge is 0.303 e. The number of nitrogens with one attached hydrogen (secondary N) is 1. The number of nitrogens with two attached hydrogens (primary N) is 1. The van der Waals surface area contributed by atoms with Crippen molar-refractivity contribution in [1.29, 1.82) is 0 Å². The fraction of sp³-hybridized carbons (Fsp3) is 0.423. The Hall–Kier alpha value is -2.65. The SMILES string of the molecule is CN(C(=O)Cc1ccc(Cl)c(Cl)c1)[C@H](CN1CCCC1)c1cccc(NC(=O)[C@@H](N)CCC(=O)O)c1. The van der Waals surface area contributed by atoms with Crippen LogP contribution in [0, 0.1) is 0 Å². The molecule has 8 nitrogen and oxygen atoms in total. The summed E-state index contributed by atoms with van der Waals surface area (Å²) in [5.41, 5.74) is 8.04. The average molecular weight is 535 g/mol. The van der Waals surface area contributed by atoms with Crippen LogP contribution in [0.4, 0.5) is 5.69 Å². The van der Waals surface area contributed by atoms with Crippen molar-refractivity contribution < 1.29 is 19.5 Å². The lowest BCUT2D eigenvalue weighted by molar-refractivity contribution is -0.137. The molecule has 1 aliphatic heterocycles. The summed E-state index contributed by atoms with van der Waals surface area (Å²) in [5.74, 6) is -1.52. The second kappa shape index (κ2) is 13.1. The second-order valence-electron chi connectivity index (χ2n) is 9.11. The first-order chi connectivity index (χ1) is 17.1. The first-order valence-electron chi connectivity index (χ1n) is 11.9. The van der Waals surface area contributed by atoms with Crippen molar-refractivity contribution >= 4 is 46.7 Å². The first kappa shape index (κ1) is 27.9. The van der Waals surface area contributed by atoms with E-state index in [1.807, 2.05) is 18.2 Å². The zero-order chi connectivity index (χ0) is 26.2. The van der Waals surface area contributed by atoms with Crippen molar-refractivity contribution in [2.75, 3.05) is 32.0 Å². The third kappa shape index (κ3) is 7.93. The van der Waals surface area contributed by atoms with Crippen LogP contribution in [-0.4, -0.2) is 65.4 Å². The molecule has 0 spiro atoms. The minimum absolute atomic E-state index is 0.0460. The van der Waals surface area contributed by atoms with Crippen LogP contribution in [0.2, 0.25) is 10.0 Å². The fourth-order valence-corrected chi connectivity index (χ4v) is 4.57. The maximum atomic E-state index is 13.3. The third-order valence-electron chi connectivity index (χ3n) is 6.37. The van der Waals surface area contributed by atoms with Gasteiger partial charge in [-0.25, -0.2) is 0 Å². The van der Waals surface area contributed by atoms with Crippen LogP contribution in [0.5, 0.6) is 0 Å². The van der Waals surface area contributed by atoms with Crippen molar-refractivity contribution in [3.8, 4) is 0 Å². The van der Waals surface area contributed by atoms with E-state index in [0.717, 1.165) is 37.1 Å². The van der Waals surface area contributed by atoms with Crippen LogP contribution < -0.4 is 11.1 Å². The Morgan fingerprint density at radius 1 is 1.11 bits per heavy atom. The van der Waals surface area contributed by atoms with Gasteiger partial charge < -0.3 is 26.0 Å². The topological polar surface area (TPSA) is 116 Å². The van der Waals surface area contributed by atoms with Gasteiger partial charge >= 0.3 is 5.97 Å². The Bertz CT molecular complexity index is 1090. The van der Waals surface area contributed by atoms with Gasteiger partial charge in [0.25, 0.3) is 0 Å². The summed E-state index contributed by atoms with van der Waals surface area (Å²) in [6, 6.07) is 11.3. The number of likely N-dealkylation sites (tertiary alicyclic amines) is 1. The molecule has 36 heavy (non-hydrogen) atoms. The second-order valence-corrected chi connectivity index (χ2v) is 9.92. The van der Waals surface area contributed by atoms with E-state index in [1.165, 1.54) is 0 Å². The number of aliphatic carboxylic acids is 1. The van der Waals surface area contributed by atoms with Gasteiger partial charge in [0.1, 0.15) is 0 Å². The van der Waals surface area contributed by atoms with Crippen molar-refractivity contribution in [3.63, 3.8) is 0 Å². The molecule has 0 aliphatic carbocycles. The first-order valence-corrected chi connectivity index (χ1v) is 12.7. The molecular formula is C26H32Cl2N4O4. The minimum Gasteiger partial charge on any atom is -0.481 e. The van der Waals surface area contributed by atoms with Crippen molar-refractivity contribution in [2.45, 2.75) is 44.2 Å². The lowest BCUT2D eigenvalue weighted by atomic mass is 10.0. The fourth-order valence-electron chi connectivity index (χ4n) is 4.25. The number of carboxylic acid groups (broad SMARTS) is 1. The van der Waals surface area contributed by atoms with Gasteiger partial charge in [-0.15, -0.1) is 0 Å². The largest absolute Gasteiger partial charge is 0.481 e. The predicted octanol–water partition coefficient (Wildman–Crippen LogP) is 3.96. The van der Waals surface area contributed by atoms with E-state index in [4.69, 9.17) is 34.0 Å². The van der Waals surface area contributed by atoms with E-state index in [2.05, 4.69) is 10.2 Å². The number of nitrogens with zero attached hydrogens (tertiary/aromatic N) is 2. The molecule has 2 aromatic carbocycles. The molecule has 3 rings (SSSR count). The highest BCUT2D eigenvalue weighted by Crippen LogP contribution is 2.27. The summed E-state index contributed by atoms with van der Waals surface area (Å²) in [6.07, 6.45) is 2.29. The molecule has 2 aromatic rings. The van der Waals surface area contributed by atoms with Crippen molar-refractivity contribution in [2.24, 2.45) is 5.73 Å². The van der Waals surface area contributed by atoms with Crippen LogP contribution >= 0.6 is 23.2 Å². The highest BCUT2D eigenvalue weighted by Gasteiger charge is 2.26. The number of carboxylic acids is 1. The molecule has 4 N–H and O–H groups in total. The Kier molecular flexibility index (Phi) is 10.1. The Morgan fingerprint density at radius 2 is 1.83 bits per heavy atom. The minimum atomic E-state index is -1.00. The van der Waals surface area contributed by atoms with E-state index < -0.39 is 17.9 Å². The number of amides is 2. The predicted molar refractivity (Wildman–Crippen MR) is 141 cm³/mol. The number of likely N-dealkylation sites (N-methyl/N-ethyl adjacent to an activating group) is 1. The van der Waals surface area contributed by atoms with Crippen molar-refractivity contribution in [3.05, 3.63) is 63.6 Å². The summed E-state index contributed by atoms with van der Waals surface area (Å²) in [7, 11) is 1.79. The van der Waals surface area contributed by atoms with Crippen LogP contribution in [-0.2, 0) is 20.8 Å². The van der Waals surface area contributed by atoms with E-state index in [9.17, 15) is 14.4 Å². The summed E-state index contributed by atoms with van der Waals surface area (Å²) in [5, 5.41) is 12.4. The highest BCUT2D eigenvalue weighted by molar-refractivity contribution is 6.42. The summed E-state index contributed by atoms with van der Waals surface area (Å²) >= 11 is 12.1. The summed E-state index contributed by atoms with van der Waals surface area (Å²) in [4.78, 5) is 40.6. The molecule has 1 saturated heterocycles. The average Bonchev–Trinajstić information content (AvgIpc) is 3.36. The van der Waals surface area contributed by atoms with Gasteiger partial charge in [-0.2, -0.15) is 0 Å². The maximum absolute atomic E-state index is 13.3. The molecule has 2 atom stereocenters. The number of carbonyl (C=O) groups excluding carboxylic acids is 2. The van der Waals surface area contributed by atoms with Gasteiger partial charge in [-0.1, -0.05) is 41.4 Å². The Morgan fingerprint density at radius 3 is 2.50 bits per heavy atom. The van der Waals surface area contributed by atoms with Crippen molar-refractivity contribution in [1.82, 2.24) is 9.80 Å². The van der Waals surface area contributed by atoms with Gasteiger partial charge in [0, 0.05) is 25.7 Å². The highest BCUT2D eigenvalue weighted by atomic mass is 35.5. The molecule has 194 valence electrons. The van der Waals surface area contributed by atoms with Gasteiger partial charge in [0.05, 0.1) is 28.5 Å². The Labute approximate surface area is 221 Å². The van der Waals surface area contributed by atoms with Gasteiger partial charge in [-0.3, -0.25) is 14.4 Å². The van der Waals surface area contributed by atoms with E-state index in [-0.39, 0.29) is 31.2 Å². The zero-order valence-corrected chi connectivity index (χ0v) is 21.8. The molecule has 0 aromatic heterocycles. The molecule has 10 heteroatoms. The standard InChI is InChI=1S/C26H32Cl2N4O4/c1-31(24(33)14-17-7-8-20(27)21(28)13-17)23(16-32-11-2-3-12-32)18-5-4-6-19(15-18)30-26(36)22(29)9-10-25(34)35/h4-8,13,15,22-23H,2-3,9-12,14,16,29H2,1H3,(H,30,36)(H,34,35)/t22-,23+/m0/s1. The van der Waals surface area contributed by atoms with Crippen LogP contribution in [0.15, 0.2) is 42.5 Å². The number of benzene rings is 2. The third-order valence-corrected chi connectivity index (χ3v) is 7.11. The molecule has 0 radical (unpaired) electrons. The van der Waals surface area contributed by atoms with Gasteiger partial charge in [-0.05, 0) is 67.7 Å². The number of anilines is 1. The molecule has 0 saturated carbocycles. The maximum Gasteiger partial charge on any atom is 0.303 e. The Balaban J connectivity index is 1.77. The number of rotatable bonds is 11. The van der Waals surface area contributed by atoms with Gasteiger partial charge in [0.15, 0.2) is 0 Å². The number of hydrogen-bond donors (Lipinski definition) is 3. The van der Waals surface area contributed by atoms with Crippen LogP contribution in [0.25, 0.3) is 0 Å². The number of carbonyl (C=O) groups is 3. The molecule has 2 amide bonds. The molecular weight excluding hydrogens is 503 g/mol. The number of halogens is 2. The molecule has 0 bridgehead atoms. The summed E-state index contributed by atoms with van der Waals surface area (Å²) in [6.45, 7) is 2.61. The summed E-state index contributed by atoms with van der Waals surface area (Å²) < 4.78 is 0. The normalized spacial score (nSPS) is 15.3. The number of hydrogen-bond acceptors (Lipinski definition) is 5. The van der Waals surface area contributed by atoms with E-state index in [0.29, 0.717) is 22.3 Å². The molecule has 0 unspecified atom stereocenters. The van der Waals surface area contributed by atoms with E-state index >= 15 is 0 Å². The molecule has 1 fully saturated rings.